The number of hydrogen-bond donors (Lipinski definition) is 3. The molecule has 0 bridgehead atoms. The lowest BCUT2D eigenvalue weighted by Gasteiger charge is -2.15. The van der Waals surface area contributed by atoms with Gasteiger partial charge >= 0.3 is 0 Å². The molecule has 0 aliphatic rings. The minimum atomic E-state index is -0.476. The standard InChI is InChI=1S/C10H14ClN3O2S/c1-2-3-7(9(12)14-16)13-10(15)8-6(11)4-5-17-8/h4-5,7,16H,2-3H2,1H3,(H2,12,14)(H,13,15). The summed E-state index contributed by atoms with van der Waals surface area (Å²) in [6, 6.07) is 1.18. The number of halogens is 1. The topological polar surface area (TPSA) is 87.7 Å². The van der Waals surface area contributed by atoms with Crippen LogP contribution in [-0.4, -0.2) is 23.0 Å². The first-order valence-corrected chi connectivity index (χ1v) is 6.37. The Hall–Kier alpha value is -1.27. The summed E-state index contributed by atoms with van der Waals surface area (Å²) in [7, 11) is 0. The highest BCUT2D eigenvalue weighted by Gasteiger charge is 2.19. The van der Waals surface area contributed by atoms with Gasteiger partial charge in [0.05, 0.1) is 11.1 Å². The summed E-state index contributed by atoms with van der Waals surface area (Å²) in [4.78, 5) is 12.3. The Morgan fingerprint density at radius 1 is 1.76 bits per heavy atom. The van der Waals surface area contributed by atoms with E-state index in [4.69, 9.17) is 22.5 Å². The second-order valence-electron chi connectivity index (χ2n) is 3.44. The molecule has 94 valence electrons. The Labute approximate surface area is 108 Å². The lowest BCUT2D eigenvalue weighted by molar-refractivity contribution is 0.0949. The van der Waals surface area contributed by atoms with Crippen LogP contribution in [0.5, 0.6) is 0 Å². The van der Waals surface area contributed by atoms with E-state index in [0.29, 0.717) is 16.3 Å². The van der Waals surface area contributed by atoms with Crippen molar-refractivity contribution in [1.29, 1.82) is 0 Å². The van der Waals surface area contributed by atoms with E-state index in [2.05, 4.69) is 10.5 Å². The number of carbonyl (C=O) groups excluding carboxylic acids is 1. The number of amidine groups is 1. The van der Waals surface area contributed by atoms with Crippen LogP contribution < -0.4 is 11.1 Å². The zero-order valence-corrected chi connectivity index (χ0v) is 10.9. The predicted molar refractivity (Wildman–Crippen MR) is 68.9 cm³/mol. The van der Waals surface area contributed by atoms with Crippen molar-refractivity contribution in [3.63, 3.8) is 0 Å². The van der Waals surface area contributed by atoms with Gasteiger partial charge < -0.3 is 16.3 Å². The Morgan fingerprint density at radius 3 is 2.94 bits per heavy atom. The molecule has 4 N–H and O–H groups in total. The summed E-state index contributed by atoms with van der Waals surface area (Å²) < 4.78 is 0. The SMILES string of the molecule is CCCC(NC(=O)c1sccc1Cl)/C(N)=N/O. The van der Waals surface area contributed by atoms with Crippen molar-refractivity contribution in [3.05, 3.63) is 21.3 Å². The number of rotatable bonds is 5. The van der Waals surface area contributed by atoms with Gasteiger partial charge in [0, 0.05) is 0 Å². The van der Waals surface area contributed by atoms with Gasteiger partial charge in [0.1, 0.15) is 4.88 Å². The predicted octanol–water partition coefficient (Wildman–Crippen LogP) is 2.05. The van der Waals surface area contributed by atoms with Crippen LogP contribution in [0.4, 0.5) is 0 Å². The largest absolute Gasteiger partial charge is 0.409 e. The average Bonchev–Trinajstić information content (AvgIpc) is 2.73. The van der Waals surface area contributed by atoms with Crippen LogP contribution in [0.25, 0.3) is 0 Å². The van der Waals surface area contributed by atoms with Crippen molar-refractivity contribution >= 4 is 34.7 Å². The summed E-state index contributed by atoms with van der Waals surface area (Å²) in [5.41, 5.74) is 5.50. The van der Waals surface area contributed by atoms with E-state index in [9.17, 15) is 4.79 Å². The molecular formula is C10H14ClN3O2S. The van der Waals surface area contributed by atoms with Gasteiger partial charge in [0.2, 0.25) is 0 Å². The van der Waals surface area contributed by atoms with Crippen molar-refractivity contribution < 1.29 is 10.0 Å². The highest BCUT2D eigenvalue weighted by molar-refractivity contribution is 7.12. The van der Waals surface area contributed by atoms with Gasteiger partial charge in [0.15, 0.2) is 5.84 Å². The number of nitrogens with two attached hydrogens (primary N) is 1. The van der Waals surface area contributed by atoms with E-state index < -0.39 is 6.04 Å². The van der Waals surface area contributed by atoms with Crippen molar-refractivity contribution in [3.8, 4) is 0 Å². The highest BCUT2D eigenvalue weighted by Crippen LogP contribution is 2.21. The lowest BCUT2D eigenvalue weighted by atomic mass is 10.1. The average molecular weight is 276 g/mol. The Morgan fingerprint density at radius 2 is 2.47 bits per heavy atom. The number of carbonyl (C=O) groups is 1. The fourth-order valence-corrected chi connectivity index (χ4v) is 2.38. The van der Waals surface area contributed by atoms with Crippen LogP contribution in [-0.2, 0) is 0 Å². The third-order valence-corrected chi connectivity index (χ3v) is 3.52. The summed E-state index contributed by atoms with van der Waals surface area (Å²) in [6.07, 6.45) is 1.41. The van der Waals surface area contributed by atoms with Gasteiger partial charge in [-0.05, 0) is 17.9 Å². The van der Waals surface area contributed by atoms with Crippen molar-refractivity contribution in [1.82, 2.24) is 5.32 Å². The van der Waals surface area contributed by atoms with Crippen molar-refractivity contribution in [2.24, 2.45) is 10.9 Å². The summed E-state index contributed by atoms with van der Waals surface area (Å²) in [6.45, 7) is 1.95. The first-order valence-electron chi connectivity index (χ1n) is 5.11. The maximum absolute atomic E-state index is 11.9. The van der Waals surface area contributed by atoms with Gasteiger partial charge in [-0.25, -0.2) is 0 Å². The molecule has 1 atom stereocenters. The van der Waals surface area contributed by atoms with Crippen LogP contribution in [0, 0.1) is 0 Å². The number of nitrogens with zero attached hydrogens (tertiary/aromatic N) is 1. The molecule has 5 nitrogen and oxygen atoms in total. The zero-order chi connectivity index (χ0) is 12.8. The molecule has 0 spiro atoms. The highest BCUT2D eigenvalue weighted by atomic mass is 35.5. The molecule has 7 heteroatoms. The fourth-order valence-electron chi connectivity index (χ4n) is 1.33. The van der Waals surface area contributed by atoms with E-state index in [1.54, 1.807) is 11.4 Å². The van der Waals surface area contributed by atoms with Gasteiger partial charge in [-0.3, -0.25) is 4.79 Å². The smallest absolute Gasteiger partial charge is 0.263 e. The quantitative estimate of drug-likeness (QED) is 0.333. The molecular weight excluding hydrogens is 262 g/mol. The van der Waals surface area contributed by atoms with Crippen molar-refractivity contribution in [2.45, 2.75) is 25.8 Å². The molecule has 0 saturated carbocycles. The fraction of sp³-hybridized carbons (Fsp3) is 0.400. The number of nitrogens with one attached hydrogen (secondary N) is 1. The third-order valence-electron chi connectivity index (χ3n) is 2.18. The van der Waals surface area contributed by atoms with Gasteiger partial charge in [0.25, 0.3) is 5.91 Å². The van der Waals surface area contributed by atoms with E-state index in [1.807, 2.05) is 6.92 Å². The molecule has 17 heavy (non-hydrogen) atoms. The summed E-state index contributed by atoms with van der Waals surface area (Å²) in [5, 5.41) is 16.4. The van der Waals surface area contributed by atoms with Crippen LogP contribution >= 0.6 is 22.9 Å². The lowest BCUT2D eigenvalue weighted by Crippen LogP contribution is -2.44. The van der Waals surface area contributed by atoms with Crippen LogP contribution in [0.2, 0.25) is 5.02 Å². The number of thiophene rings is 1. The number of hydrogen-bond acceptors (Lipinski definition) is 4. The van der Waals surface area contributed by atoms with Crippen LogP contribution in [0.15, 0.2) is 16.6 Å². The number of amides is 1. The van der Waals surface area contributed by atoms with E-state index in [-0.39, 0.29) is 11.7 Å². The second kappa shape index (κ2) is 6.46. The maximum Gasteiger partial charge on any atom is 0.263 e. The Balaban J connectivity index is 2.74. The maximum atomic E-state index is 11.9. The normalized spacial score (nSPS) is 13.4. The molecule has 0 fully saturated rings. The van der Waals surface area contributed by atoms with E-state index in [0.717, 1.165) is 6.42 Å². The Bertz CT molecular complexity index is 419. The van der Waals surface area contributed by atoms with Gasteiger partial charge in [-0.1, -0.05) is 30.1 Å². The summed E-state index contributed by atoms with van der Waals surface area (Å²) in [5.74, 6) is -0.317. The van der Waals surface area contributed by atoms with E-state index in [1.165, 1.54) is 11.3 Å². The monoisotopic (exact) mass is 275 g/mol. The molecule has 0 aliphatic heterocycles. The molecule has 1 rings (SSSR count). The minimum absolute atomic E-state index is 0.00659. The second-order valence-corrected chi connectivity index (χ2v) is 4.76. The molecule has 0 aromatic carbocycles. The third kappa shape index (κ3) is 3.61. The molecule has 1 aromatic heterocycles. The van der Waals surface area contributed by atoms with Crippen LogP contribution in [0.3, 0.4) is 0 Å². The van der Waals surface area contributed by atoms with Crippen LogP contribution in [0.1, 0.15) is 29.4 Å². The molecule has 1 unspecified atom stereocenters. The zero-order valence-electron chi connectivity index (χ0n) is 9.31. The van der Waals surface area contributed by atoms with Crippen molar-refractivity contribution in [2.75, 3.05) is 0 Å². The minimum Gasteiger partial charge on any atom is -0.409 e. The first-order chi connectivity index (χ1) is 8.10. The van der Waals surface area contributed by atoms with E-state index >= 15 is 0 Å². The summed E-state index contributed by atoms with van der Waals surface area (Å²) >= 11 is 7.10. The Kier molecular flexibility index (Phi) is 5.24. The molecule has 1 aromatic rings. The first kappa shape index (κ1) is 13.8. The van der Waals surface area contributed by atoms with Gasteiger partial charge in [-0.2, -0.15) is 0 Å². The molecule has 0 radical (unpaired) electrons. The molecule has 0 aliphatic carbocycles. The molecule has 0 saturated heterocycles. The van der Waals surface area contributed by atoms with Gasteiger partial charge in [-0.15, -0.1) is 11.3 Å². The molecule has 1 heterocycles. The number of oxime groups is 1. The molecule has 1 amide bonds.